The van der Waals surface area contributed by atoms with Crippen molar-refractivity contribution >= 4 is 57.4 Å². The van der Waals surface area contributed by atoms with Crippen LogP contribution in [-0.4, -0.2) is 10.9 Å². The summed E-state index contributed by atoms with van der Waals surface area (Å²) in [5.41, 5.74) is 6.47. The first-order valence-electron chi connectivity index (χ1n) is 5.19. The Bertz CT molecular complexity index is 584. The molecular weight excluding hydrogens is 400 g/mol. The van der Waals surface area contributed by atoms with Crippen LogP contribution in [0.1, 0.15) is 10.4 Å². The van der Waals surface area contributed by atoms with E-state index in [2.05, 4.69) is 38.4 Å². The highest BCUT2D eigenvalue weighted by atomic mass is 127. The summed E-state index contributed by atoms with van der Waals surface area (Å²) in [6, 6.07) is 10.4. The van der Waals surface area contributed by atoms with Crippen molar-refractivity contribution in [1.82, 2.24) is 10.4 Å². The number of anilines is 1. The van der Waals surface area contributed by atoms with E-state index >= 15 is 0 Å². The zero-order valence-corrected chi connectivity index (χ0v) is 13.1. The van der Waals surface area contributed by atoms with Crippen LogP contribution in [0.4, 0.5) is 5.69 Å². The molecule has 2 N–H and O–H groups in total. The van der Waals surface area contributed by atoms with E-state index < -0.39 is 0 Å². The van der Waals surface area contributed by atoms with Crippen molar-refractivity contribution < 1.29 is 4.79 Å². The molecule has 98 valence electrons. The van der Waals surface area contributed by atoms with Gasteiger partial charge in [-0.15, -0.1) is 0 Å². The van der Waals surface area contributed by atoms with Crippen molar-refractivity contribution in [3.8, 4) is 0 Å². The highest BCUT2D eigenvalue weighted by Crippen LogP contribution is 2.15. The van der Waals surface area contributed by atoms with Gasteiger partial charge < -0.3 is 0 Å². The minimum atomic E-state index is -0.343. The van der Waals surface area contributed by atoms with Crippen LogP contribution in [0, 0.1) is 3.57 Å². The van der Waals surface area contributed by atoms with Crippen LogP contribution in [0.25, 0.3) is 0 Å². The van der Waals surface area contributed by atoms with Crippen LogP contribution >= 0.6 is 45.8 Å². The van der Waals surface area contributed by atoms with Crippen LogP contribution < -0.4 is 10.9 Å². The highest BCUT2D eigenvalue weighted by molar-refractivity contribution is 14.1. The smallest absolute Gasteiger partial charge is 0.269 e. The lowest BCUT2D eigenvalue weighted by Gasteiger charge is -2.08. The quantitative estimate of drug-likeness (QED) is 0.462. The van der Waals surface area contributed by atoms with E-state index in [-0.39, 0.29) is 16.2 Å². The molecule has 7 heteroatoms. The monoisotopic (exact) mass is 407 g/mol. The molecule has 0 aliphatic heterocycles. The maximum atomic E-state index is 11.9. The first kappa shape index (κ1) is 14.4. The third-order valence-corrected chi connectivity index (χ3v) is 3.30. The van der Waals surface area contributed by atoms with Gasteiger partial charge in [0.1, 0.15) is 10.3 Å². The lowest BCUT2D eigenvalue weighted by molar-refractivity contribution is 0.0962. The van der Waals surface area contributed by atoms with Gasteiger partial charge in [0.25, 0.3) is 5.91 Å². The number of aromatic nitrogens is 1. The summed E-state index contributed by atoms with van der Waals surface area (Å²) < 4.78 is 1.11. The summed E-state index contributed by atoms with van der Waals surface area (Å²) in [6.45, 7) is 0. The first-order valence-corrected chi connectivity index (χ1v) is 7.03. The molecule has 1 aromatic heterocycles. The maximum absolute atomic E-state index is 11.9. The van der Waals surface area contributed by atoms with Gasteiger partial charge in [-0.25, -0.2) is 4.98 Å². The summed E-state index contributed by atoms with van der Waals surface area (Å²) >= 11 is 13.7. The van der Waals surface area contributed by atoms with Gasteiger partial charge in [0, 0.05) is 9.13 Å². The fourth-order valence-corrected chi connectivity index (χ4v) is 2.15. The molecule has 1 amide bonds. The highest BCUT2D eigenvalue weighted by Gasteiger charge is 2.08. The summed E-state index contributed by atoms with van der Waals surface area (Å²) in [7, 11) is 0. The largest absolute Gasteiger partial charge is 0.298 e. The molecule has 2 rings (SSSR count). The second-order valence-electron chi connectivity index (χ2n) is 3.59. The first-order chi connectivity index (χ1) is 9.04. The second kappa shape index (κ2) is 6.40. The summed E-state index contributed by atoms with van der Waals surface area (Å²) in [4.78, 5) is 15.6. The third-order valence-electron chi connectivity index (χ3n) is 2.19. The zero-order valence-electron chi connectivity index (χ0n) is 9.45. The Kier molecular flexibility index (Phi) is 4.84. The maximum Gasteiger partial charge on any atom is 0.269 e. The van der Waals surface area contributed by atoms with Gasteiger partial charge >= 0.3 is 0 Å². The molecule has 0 atom stereocenters. The number of rotatable bonds is 3. The average Bonchev–Trinajstić information content (AvgIpc) is 2.36. The van der Waals surface area contributed by atoms with Crippen LogP contribution in [-0.2, 0) is 0 Å². The van der Waals surface area contributed by atoms with Gasteiger partial charge in [-0.3, -0.25) is 15.6 Å². The molecular formula is C12H8Cl2IN3O. The van der Waals surface area contributed by atoms with E-state index in [9.17, 15) is 4.79 Å². The Hall–Kier alpha value is -1.05. The molecule has 0 saturated carbocycles. The van der Waals surface area contributed by atoms with Gasteiger partial charge in [0.15, 0.2) is 0 Å². The Morgan fingerprint density at radius 2 is 1.68 bits per heavy atom. The van der Waals surface area contributed by atoms with Gasteiger partial charge in [-0.2, -0.15) is 0 Å². The molecule has 1 heterocycles. The van der Waals surface area contributed by atoms with Crippen molar-refractivity contribution in [3.05, 3.63) is 55.8 Å². The Labute approximate surface area is 133 Å². The standard InChI is InChI=1S/C12H8Cl2IN3O/c13-10-5-7(6-11(14)16-10)12(19)18-17-9-3-1-8(15)2-4-9/h1-6,17H,(H,18,19). The fraction of sp³-hybridized carbons (Fsp3) is 0. The average molecular weight is 408 g/mol. The molecule has 0 saturated heterocycles. The molecule has 1 aromatic carbocycles. The van der Waals surface area contributed by atoms with Gasteiger partial charge in [0.2, 0.25) is 0 Å². The molecule has 4 nitrogen and oxygen atoms in total. The molecule has 0 radical (unpaired) electrons. The van der Waals surface area contributed by atoms with E-state index in [1.54, 1.807) is 0 Å². The predicted molar refractivity (Wildman–Crippen MR) is 84.5 cm³/mol. The molecule has 19 heavy (non-hydrogen) atoms. The number of carbonyl (C=O) groups is 1. The van der Waals surface area contributed by atoms with Gasteiger partial charge in [-0.05, 0) is 59.0 Å². The van der Waals surface area contributed by atoms with E-state index in [1.807, 2.05) is 24.3 Å². The Balaban J connectivity index is 2.03. The van der Waals surface area contributed by atoms with Crippen molar-refractivity contribution in [2.45, 2.75) is 0 Å². The van der Waals surface area contributed by atoms with Crippen LogP contribution in [0.15, 0.2) is 36.4 Å². The number of carbonyl (C=O) groups excluding carboxylic acids is 1. The number of nitrogens with one attached hydrogen (secondary N) is 2. The summed E-state index contributed by atoms with van der Waals surface area (Å²) in [5.74, 6) is -0.343. The third kappa shape index (κ3) is 4.22. The normalized spacial score (nSPS) is 10.1. The van der Waals surface area contributed by atoms with Crippen molar-refractivity contribution in [2.24, 2.45) is 0 Å². The molecule has 0 aliphatic carbocycles. The van der Waals surface area contributed by atoms with E-state index in [0.29, 0.717) is 5.56 Å². The van der Waals surface area contributed by atoms with Crippen molar-refractivity contribution in [3.63, 3.8) is 0 Å². The van der Waals surface area contributed by atoms with E-state index in [1.165, 1.54) is 12.1 Å². The van der Waals surface area contributed by atoms with Crippen molar-refractivity contribution in [1.29, 1.82) is 0 Å². The number of hydrogen-bond donors (Lipinski definition) is 2. The molecule has 0 aliphatic rings. The minimum absolute atomic E-state index is 0.173. The van der Waals surface area contributed by atoms with E-state index in [0.717, 1.165) is 9.26 Å². The number of pyridine rings is 1. The van der Waals surface area contributed by atoms with Crippen molar-refractivity contribution in [2.75, 3.05) is 5.43 Å². The SMILES string of the molecule is O=C(NNc1ccc(I)cc1)c1cc(Cl)nc(Cl)c1. The number of amides is 1. The van der Waals surface area contributed by atoms with Crippen LogP contribution in [0.3, 0.4) is 0 Å². The number of halogens is 3. The number of hydrogen-bond acceptors (Lipinski definition) is 3. The second-order valence-corrected chi connectivity index (χ2v) is 5.61. The number of benzene rings is 1. The minimum Gasteiger partial charge on any atom is -0.298 e. The summed E-state index contributed by atoms with van der Waals surface area (Å²) in [5, 5.41) is 0.346. The lowest BCUT2D eigenvalue weighted by Crippen LogP contribution is -2.29. The topological polar surface area (TPSA) is 54.0 Å². The molecule has 0 unspecified atom stereocenters. The zero-order chi connectivity index (χ0) is 13.8. The molecule has 0 spiro atoms. The fourth-order valence-electron chi connectivity index (χ4n) is 1.33. The molecule has 0 fully saturated rings. The Morgan fingerprint density at radius 1 is 1.11 bits per heavy atom. The number of nitrogens with zero attached hydrogens (tertiary/aromatic N) is 1. The van der Waals surface area contributed by atoms with Crippen LogP contribution in [0.5, 0.6) is 0 Å². The van der Waals surface area contributed by atoms with Crippen LogP contribution in [0.2, 0.25) is 10.3 Å². The number of hydrazine groups is 1. The molecule has 0 bridgehead atoms. The molecule has 2 aromatic rings. The Morgan fingerprint density at radius 3 is 2.26 bits per heavy atom. The lowest BCUT2D eigenvalue weighted by atomic mass is 10.2. The van der Waals surface area contributed by atoms with Gasteiger partial charge in [-0.1, -0.05) is 23.2 Å². The van der Waals surface area contributed by atoms with E-state index in [4.69, 9.17) is 23.2 Å². The van der Waals surface area contributed by atoms with Gasteiger partial charge in [0.05, 0.1) is 5.69 Å². The predicted octanol–water partition coefficient (Wildman–Crippen LogP) is 3.75. The summed E-state index contributed by atoms with van der Waals surface area (Å²) in [6.07, 6.45) is 0.